The Morgan fingerprint density at radius 1 is 1.23 bits per heavy atom. The number of aryl methyl sites for hydroxylation is 1. The van der Waals surface area contributed by atoms with Gasteiger partial charge in [0.05, 0.1) is 23.5 Å². The van der Waals surface area contributed by atoms with Gasteiger partial charge in [-0.3, -0.25) is 18.7 Å². The molecule has 1 aliphatic rings. The summed E-state index contributed by atoms with van der Waals surface area (Å²) in [6.07, 6.45) is 3.99. The summed E-state index contributed by atoms with van der Waals surface area (Å²) in [5, 5.41) is 12.5. The van der Waals surface area contributed by atoms with E-state index in [4.69, 9.17) is 8.83 Å². The van der Waals surface area contributed by atoms with Crippen LogP contribution >= 0.6 is 0 Å². The molecule has 1 fully saturated rings. The van der Waals surface area contributed by atoms with E-state index in [2.05, 4.69) is 15.3 Å². The zero-order valence-electron chi connectivity index (χ0n) is 19.0. The standard InChI is InChI=1S/C23H21N7O5/c1-28-18-15(21(32)29(2)23(28)33)10-14(12-25-18)26-19(31)13-5-7-30(8-6-13)22-16(11-24)27-20(35-22)17-4-3-9-34-17/h3-4,9-10,12-13H,5-8H2,1-2H3,(H,26,31). The molecule has 0 aliphatic carbocycles. The van der Waals surface area contributed by atoms with E-state index in [0.717, 1.165) is 4.57 Å². The summed E-state index contributed by atoms with van der Waals surface area (Å²) >= 11 is 0. The highest BCUT2D eigenvalue weighted by atomic mass is 16.4. The number of hydrogen-bond acceptors (Lipinski definition) is 9. The Bertz CT molecular complexity index is 1580. The number of furan rings is 1. The summed E-state index contributed by atoms with van der Waals surface area (Å²) in [5.74, 6) is 0.553. The van der Waals surface area contributed by atoms with E-state index in [1.165, 1.54) is 37.2 Å². The number of aromatic nitrogens is 4. The van der Waals surface area contributed by atoms with Gasteiger partial charge in [0.1, 0.15) is 11.7 Å². The molecule has 12 nitrogen and oxygen atoms in total. The Labute approximate surface area is 198 Å². The van der Waals surface area contributed by atoms with E-state index in [0.29, 0.717) is 43.3 Å². The summed E-state index contributed by atoms with van der Waals surface area (Å²) in [6.45, 7) is 0.996. The Hall–Kier alpha value is -4.66. The van der Waals surface area contributed by atoms with Gasteiger partial charge >= 0.3 is 5.69 Å². The third-order valence-electron chi connectivity index (χ3n) is 6.16. The minimum atomic E-state index is -0.478. The van der Waals surface area contributed by atoms with Crippen LogP contribution in [0.5, 0.6) is 0 Å². The van der Waals surface area contributed by atoms with Crippen molar-refractivity contribution in [3.05, 3.63) is 57.2 Å². The minimum absolute atomic E-state index is 0.164. The van der Waals surface area contributed by atoms with Gasteiger partial charge in [-0.1, -0.05) is 0 Å². The number of fused-ring (bicyclic) bond motifs is 1. The summed E-state index contributed by atoms with van der Waals surface area (Å²) < 4.78 is 13.4. The molecule has 1 amide bonds. The van der Waals surface area contributed by atoms with Gasteiger partial charge in [0.2, 0.25) is 17.5 Å². The molecule has 178 valence electrons. The number of anilines is 2. The molecule has 0 spiro atoms. The second-order valence-corrected chi connectivity index (χ2v) is 8.31. The largest absolute Gasteiger partial charge is 0.459 e. The molecule has 5 heterocycles. The summed E-state index contributed by atoms with van der Waals surface area (Å²) in [6, 6.07) is 6.98. The highest BCUT2D eigenvalue weighted by Gasteiger charge is 2.29. The number of pyridine rings is 1. The second-order valence-electron chi connectivity index (χ2n) is 8.31. The van der Waals surface area contributed by atoms with Crippen molar-refractivity contribution in [2.45, 2.75) is 12.8 Å². The number of piperidine rings is 1. The number of rotatable bonds is 4. The van der Waals surface area contributed by atoms with Crippen molar-refractivity contribution in [3.8, 4) is 17.7 Å². The van der Waals surface area contributed by atoms with Gasteiger partial charge in [-0.15, -0.1) is 0 Å². The van der Waals surface area contributed by atoms with E-state index < -0.39 is 11.2 Å². The number of nitriles is 1. The van der Waals surface area contributed by atoms with Gasteiger partial charge in [-0.05, 0) is 31.0 Å². The van der Waals surface area contributed by atoms with Gasteiger partial charge in [0.15, 0.2) is 5.76 Å². The van der Waals surface area contributed by atoms with Crippen LogP contribution in [0.4, 0.5) is 11.6 Å². The molecule has 0 atom stereocenters. The predicted molar refractivity (Wildman–Crippen MR) is 125 cm³/mol. The van der Waals surface area contributed by atoms with Crippen molar-refractivity contribution < 1.29 is 13.6 Å². The first kappa shape index (κ1) is 22.1. The molecule has 4 aromatic rings. The van der Waals surface area contributed by atoms with Crippen LogP contribution in [0.2, 0.25) is 0 Å². The molecule has 4 aromatic heterocycles. The van der Waals surface area contributed by atoms with E-state index in [-0.39, 0.29) is 34.4 Å². The lowest BCUT2D eigenvalue weighted by atomic mass is 9.96. The first-order chi connectivity index (χ1) is 16.9. The number of nitrogens with zero attached hydrogens (tertiary/aromatic N) is 6. The predicted octanol–water partition coefficient (Wildman–Crippen LogP) is 1.61. The van der Waals surface area contributed by atoms with E-state index >= 15 is 0 Å². The number of amides is 1. The lowest BCUT2D eigenvalue weighted by Gasteiger charge is -2.30. The van der Waals surface area contributed by atoms with Crippen LogP contribution in [-0.4, -0.2) is 38.1 Å². The Kier molecular flexibility index (Phi) is 5.44. The van der Waals surface area contributed by atoms with Crippen LogP contribution in [-0.2, 0) is 18.9 Å². The number of carbonyl (C=O) groups excluding carboxylic acids is 1. The van der Waals surface area contributed by atoms with Crippen LogP contribution in [0.15, 0.2) is 49.1 Å². The van der Waals surface area contributed by atoms with Gasteiger partial charge in [0.25, 0.3) is 11.4 Å². The molecule has 1 aliphatic heterocycles. The fourth-order valence-electron chi connectivity index (χ4n) is 4.23. The van der Waals surface area contributed by atoms with Crippen molar-refractivity contribution >= 4 is 28.5 Å². The highest BCUT2D eigenvalue weighted by Crippen LogP contribution is 2.31. The normalized spacial score (nSPS) is 14.3. The van der Waals surface area contributed by atoms with Gasteiger partial charge < -0.3 is 19.1 Å². The maximum Gasteiger partial charge on any atom is 0.332 e. The molecular weight excluding hydrogens is 454 g/mol. The Morgan fingerprint density at radius 3 is 2.69 bits per heavy atom. The van der Waals surface area contributed by atoms with Crippen molar-refractivity contribution in [1.82, 2.24) is 19.1 Å². The zero-order chi connectivity index (χ0) is 24.7. The van der Waals surface area contributed by atoms with Gasteiger partial charge in [-0.25, -0.2) is 9.78 Å². The number of nitrogens with one attached hydrogen (secondary N) is 1. The molecule has 1 N–H and O–H groups in total. The SMILES string of the molecule is Cn1c(=O)c2cc(NC(=O)C3CCN(c4oc(-c5ccco5)nc4C#N)CC3)cnc2n(C)c1=O. The number of carbonyl (C=O) groups is 1. The quantitative estimate of drug-likeness (QED) is 0.464. The van der Waals surface area contributed by atoms with Crippen LogP contribution in [0.3, 0.4) is 0 Å². The molecule has 12 heteroatoms. The summed E-state index contributed by atoms with van der Waals surface area (Å²) in [7, 11) is 2.93. The molecule has 0 aromatic carbocycles. The first-order valence-electron chi connectivity index (χ1n) is 10.9. The van der Waals surface area contributed by atoms with Crippen LogP contribution in [0.1, 0.15) is 18.5 Å². The molecule has 0 unspecified atom stereocenters. The number of oxazole rings is 1. The van der Waals surface area contributed by atoms with E-state index in [1.54, 1.807) is 12.1 Å². The minimum Gasteiger partial charge on any atom is -0.459 e. The van der Waals surface area contributed by atoms with E-state index in [9.17, 15) is 19.6 Å². The van der Waals surface area contributed by atoms with Crippen molar-refractivity contribution in [3.63, 3.8) is 0 Å². The van der Waals surface area contributed by atoms with Crippen LogP contribution in [0, 0.1) is 17.2 Å². The topological polar surface area (TPSA) is 152 Å². The lowest BCUT2D eigenvalue weighted by Crippen LogP contribution is -2.38. The zero-order valence-corrected chi connectivity index (χ0v) is 19.0. The fraction of sp³-hybridized carbons (Fsp3) is 0.304. The molecule has 0 bridgehead atoms. The summed E-state index contributed by atoms with van der Waals surface area (Å²) in [5.41, 5.74) is -0.155. The lowest BCUT2D eigenvalue weighted by molar-refractivity contribution is -0.120. The van der Waals surface area contributed by atoms with Crippen molar-refractivity contribution in [2.24, 2.45) is 20.0 Å². The molecule has 5 rings (SSSR count). The maximum absolute atomic E-state index is 12.9. The van der Waals surface area contributed by atoms with Crippen LogP contribution < -0.4 is 21.5 Å². The highest BCUT2D eigenvalue weighted by molar-refractivity contribution is 5.94. The van der Waals surface area contributed by atoms with Crippen molar-refractivity contribution in [1.29, 1.82) is 5.26 Å². The van der Waals surface area contributed by atoms with Crippen LogP contribution in [0.25, 0.3) is 22.7 Å². The molecule has 0 radical (unpaired) electrons. The van der Waals surface area contributed by atoms with Gasteiger partial charge in [-0.2, -0.15) is 10.2 Å². The second kappa shape index (κ2) is 8.60. The fourth-order valence-corrected chi connectivity index (χ4v) is 4.23. The molecule has 35 heavy (non-hydrogen) atoms. The smallest absolute Gasteiger partial charge is 0.332 e. The maximum atomic E-state index is 12.9. The monoisotopic (exact) mass is 475 g/mol. The average Bonchev–Trinajstić information content (AvgIpc) is 3.56. The molecule has 0 saturated carbocycles. The molecule has 1 saturated heterocycles. The number of hydrogen-bond donors (Lipinski definition) is 1. The third-order valence-corrected chi connectivity index (χ3v) is 6.16. The van der Waals surface area contributed by atoms with Gasteiger partial charge in [0, 0.05) is 33.1 Å². The van der Waals surface area contributed by atoms with Crippen molar-refractivity contribution in [2.75, 3.05) is 23.3 Å². The van der Waals surface area contributed by atoms with E-state index in [1.807, 2.05) is 11.0 Å². The average molecular weight is 475 g/mol. The Morgan fingerprint density at radius 2 is 2.00 bits per heavy atom. The Balaban J connectivity index is 1.29. The summed E-state index contributed by atoms with van der Waals surface area (Å²) in [4.78, 5) is 47.8. The first-order valence-corrected chi connectivity index (χ1v) is 10.9. The third kappa shape index (κ3) is 3.86. The molecular formula is C23H21N7O5.